The summed E-state index contributed by atoms with van der Waals surface area (Å²) in [6.45, 7) is 2.41. The van der Waals surface area contributed by atoms with Gasteiger partial charge in [-0.1, -0.05) is 6.07 Å². The molecule has 2 aromatic carbocycles. The molecule has 0 spiro atoms. The molecule has 1 saturated heterocycles. The highest BCUT2D eigenvalue weighted by Gasteiger charge is 2.25. The summed E-state index contributed by atoms with van der Waals surface area (Å²) in [5.74, 6) is 0.693. The number of anilines is 2. The fourth-order valence-electron chi connectivity index (χ4n) is 4.86. The van der Waals surface area contributed by atoms with Crippen LogP contribution in [0.1, 0.15) is 43.2 Å². The minimum absolute atomic E-state index is 0.00610. The second-order valence-electron chi connectivity index (χ2n) is 9.31. The van der Waals surface area contributed by atoms with Gasteiger partial charge in [-0.3, -0.25) is 0 Å². The lowest BCUT2D eigenvalue weighted by atomic mass is 10.0. The van der Waals surface area contributed by atoms with E-state index in [-0.39, 0.29) is 12.4 Å². The molecule has 1 atom stereocenters. The minimum atomic E-state index is -0.183. The van der Waals surface area contributed by atoms with Crippen LogP contribution in [0.2, 0.25) is 0 Å². The van der Waals surface area contributed by atoms with E-state index in [9.17, 15) is 9.50 Å². The van der Waals surface area contributed by atoms with Crippen molar-refractivity contribution in [2.24, 2.45) is 0 Å². The summed E-state index contributed by atoms with van der Waals surface area (Å²) < 4.78 is 20.9. The Morgan fingerprint density at radius 1 is 1.09 bits per heavy atom. The Kier molecular flexibility index (Phi) is 7.53. The molecule has 2 N–H and O–H groups in total. The molecule has 0 aromatic heterocycles. The summed E-state index contributed by atoms with van der Waals surface area (Å²) in [4.78, 5) is 4.34. The number of aliphatic hydroxyl groups excluding tert-OH is 1. The Balaban J connectivity index is 1.34. The van der Waals surface area contributed by atoms with Crippen LogP contribution in [-0.4, -0.2) is 55.9 Å². The van der Waals surface area contributed by atoms with Crippen LogP contribution in [0.3, 0.4) is 0 Å². The Labute approximate surface area is 191 Å². The Morgan fingerprint density at radius 2 is 1.91 bits per heavy atom. The molecule has 1 saturated carbocycles. The number of rotatable bonds is 9. The van der Waals surface area contributed by atoms with Gasteiger partial charge < -0.3 is 25.0 Å². The van der Waals surface area contributed by atoms with Crippen LogP contribution in [0.4, 0.5) is 15.8 Å². The standard InChI is InChI=1S/C26H36FN3O2/c1-29(2)22-12-14-30(17-22)26-10-8-21(16-25(26)27)28-13-11-19-15-24(9-7-20(19)18-31)32-23-5-3-4-6-23/h7-10,15-16,22-23,28,31H,3-6,11-14,17-18H2,1-2H3/t22-/m1/s1. The zero-order valence-electron chi connectivity index (χ0n) is 19.3. The van der Waals surface area contributed by atoms with Crippen LogP contribution in [0.15, 0.2) is 36.4 Å². The fraction of sp³-hybridized carbons (Fsp3) is 0.538. The van der Waals surface area contributed by atoms with E-state index in [0.29, 0.717) is 24.4 Å². The van der Waals surface area contributed by atoms with E-state index in [0.717, 1.165) is 61.3 Å². The van der Waals surface area contributed by atoms with E-state index in [1.165, 1.54) is 12.8 Å². The zero-order valence-corrected chi connectivity index (χ0v) is 19.3. The topological polar surface area (TPSA) is 48.0 Å². The molecule has 174 valence electrons. The molecule has 2 aromatic rings. The van der Waals surface area contributed by atoms with Gasteiger partial charge >= 0.3 is 0 Å². The molecule has 2 fully saturated rings. The zero-order chi connectivity index (χ0) is 22.5. The van der Waals surface area contributed by atoms with Crippen molar-refractivity contribution in [3.05, 3.63) is 53.3 Å². The van der Waals surface area contributed by atoms with Gasteiger partial charge in [0.25, 0.3) is 0 Å². The van der Waals surface area contributed by atoms with Crippen LogP contribution in [0, 0.1) is 5.82 Å². The number of nitrogens with one attached hydrogen (secondary N) is 1. The van der Waals surface area contributed by atoms with E-state index in [1.54, 1.807) is 6.07 Å². The maximum Gasteiger partial charge on any atom is 0.148 e. The van der Waals surface area contributed by atoms with Crippen molar-refractivity contribution in [2.45, 2.75) is 57.3 Å². The maximum atomic E-state index is 14.8. The summed E-state index contributed by atoms with van der Waals surface area (Å²) >= 11 is 0. The second-order valence-corrected chi connectivity index (χ2v) is 9.31. The fourth-order valence-corrected chi connectivity index (χ4v) is 4.86. The third-order valence-corrected chi connectivity index (χ3v) is 6.86. The predicted octanol–water partition coefficient (Wildman–Crippen LogP) is 4.43. The van der Waals surface area contributed by atoms with Gasteiger partial charge in [0.1, 0.15) is 11.6 Å². The van der Waals surface area contributed by atoms with E-state index in [4.69, 9.17) is 4.74 Å². The smallest absolute Gasteiger partial charge is 0.148 e. The van der Waals surface area contributed by atoms with Crippen LogP contribution in [0.25, 0.3) is 0 Å². The summed E-state index contributed by atoms with van der Waals surface area (Å²) in [6, 6.07) is 11.8. The third-order valence-electron chi connectivity index (χ3n) is 6.86. The summed E-state index contributed by atoms with van der Waals surface area (Å²) in [7, 11) is 4.16. The lowest BCUT2D eigenvalue weighted by Crippen LogP contribution is -2.31. The van der Waals surface area contributed by atoms with Gasteiger partial charge in [0.05, 0.1) is 18.4 Å². The van der Waals surface area contributed by atoms with Crippen molar-refractivity contribution in [2.75, 3.05) is 43.9 Å². The average molecular weight is 442 g/mol. The molecule has 1 aliphatic carbocycles. The number of halogens is 1. The molecule has 0 amide bonds. The molecule has 32 heavy (non-hydrogen) atoms. The highest BCUT2D eigenvalue weighted by atomic mass is 19.1. The molecule has 0 unspecified atom stereocenters. The first-order valence-electron chi connectivity index (χ1n) is 11.9. The van der Waals surface area contributed by atoms with E-state index in [2.05, 4.69) is 29.2 Å². The molecule has 0 radical (unpaired) electrons. The molecule has 4 rings (SSSR count). The lowest BCUT2D eigenvalue weighted by molar-refractivity contribution is 0.209. The van der Waals surface area contributed by atoms with Gasteiger partial charge in [0.15, 0.2) is 0 Å². The third kappa shape index (κ3) is 5.54. The van der Waals surface area contributed by atoms with Gasteiger partial charge in [-0.05, 0) is 94.1 Å². The highest BCUT2D eigenvalue weighted by Crippen LogP contribution is 2.28. The predicted molar refractivity (Wildman–Crippen MR) is 128 cm³/mol. The van der Waals surface area contributed by atoms with Crippen molar-refractivity contribution >= 4 is 11.4 Å². The molecule has 1 heterocycles. The maximum absolute atomic E-state index is 14.8. The first kappa shape index (κ1) is 22.9. The molecule has 1 aliphatic heterocycles. The number of hydrogen-bond acceptors (Lipinski definition) is 5. The van der Waals surface area contributed by atoms with Crippen molar-refractivity contribution in [1.82, 2.24) is 4.90 Å². The van der Waals surface area contributed by atoms with Gasteiger partial charge in [-0.25, -0.2) is 4.39 Å². The Bertz CT molecular complexity index is 899. The second kappa shape index (κ2) is 10.5. The van der Waals surface area contributed by atoms with Crippen LogP contribution in [0.5, 0.6) is 5.75 Å². The van der Waals surface area contributed by atoms with Crippen molar-refractivity contribution in [3.8, 4) is 5.75 Å². The number of benzene rings is 2. The van der Waals surface area contributed by atoms with Crippen LogP contribution >= 0.6 is 0 Å². The minimum Gasteiger partial charge on any atom is -0.490 e. The van der Waals surface area contributed by atoms with Crippen molar-refractivity contribution in [1.29, 1.82) is 0 Å². The largest absolute Gasteiger partial charge is 0.490 e. The van der Waals surface area contributed by atoms with E-state index < -0.39 is 0 Å². The van der Waals surface area contributed by atoms with Crippen LogP contribution in [-0.2, 0) is 13.0 Å². The Morgan fingerprint density at radius 3 is 2.59 bits per heavy atom. The molecular formula is C26H36FN3O2. The number of hydrogen-bond donors (Lipinski definition) is 2. The number of ether oxygens (including phenoxy) is 1. The monoisotopic (exact) mass is 441 g/mol. The van der Waals surface area contributed by atoms with Gasteiger partial charge in [-0.2, -0.15) is 0 Å². The first-order valence-corrected chi connectivity index (χ1v) is 11.9. The molecule has 0 bridgehead atoms. The lowest BCUT2D eigenvalue weighted by Gasteiger charge is -2.22. The number of likely N-dealkylation sites (N-methyl/N-ethyl adjacent to an activating group) is 1. The number of nitrogens with zero attached hydrogens (tertiary/aromatic N) is 2. The number of aliphatic hydroxyl groups is 1. The normalized spacial score (nSPS) is 19.2. The summed E-state index contributed by atoms with van der Waals surface area (Å²) in [6.07, 6.45) is 6.81. The summed E-state index contributed by atoms with van der Waals surface area (Å²) in [5, 5.41) is 13.0. The van der Waals surface area contributed by atoms with Gasteiger partial charge in [0.2, 0.25) is 0 Å². The quantitative estimate of drug-likeness (QED) is 0.603. The summed E-state index contributed by atoms with van der Waals surface area (Å²) in [5.41, 5.74) is 3.44. The average Bonchev–Trinajstić information content (AvgIpc) is 3.46. The first-order chi connectivity index (χ1) is 15.5. The van der Waals surface area contributed by atoms with Gasteiger partial charge in [0, 0.05) is 31.4 Å². The van der Waals surface area contributed by atoms with E-state index in [1.807, 2.05) is 30.3 Å². The van der Waals surface area contributed by atoms with E-state index >= 15 is 0 Å². The molecule has 5 nitrogen and oxygen atoms in total. The van der Waals surface area contributed by atoms with Crippen molar-refractivity contribution in [3.63, 3.8) is 0 Å². The van der Waals surface area contributed by atoms with Crippen LogP contribution < -0.4 is 15.0 Å². The Hall–Kier alpha value is -2.31. The molecule has 2 aliphatic rings. The molecule has 6 heteroatoms. The van der Waals surface area contributed by atoms with Crippen molar-refractivity contribution < 1.29 is 14.2 Å². The highest BCUT2D eigenvalue weighted by molar-refractivity contribution is 5.57. The SMILES string of the molecule is CN(C)[C@@H]1CCN(c2ccc(NCCc3cc(OC4CCCC4)ccc3CO)cc2F)C1. The van der Waals surface area contributed by atoms with Gasteiger partial charge in [-0.15, -0.1) is 0 Å². The molecular weight excluding hydrogens is 405 g/mol.